The molecule has 0 aliphatic rings. The Morgan fingerprint density at radius 1 is 1.05 bits per heavy atom. The quantitative estimate of drug-likeness (QED) is 0.360. The van der Waals surface area contributed by atoms with Gasteiger partial charge in [-0.3, -0.25) is 0 Å². The Kier molecular flexibility index (Phi) is 4.16. The van der Waals surface area contributed by atoms with E-state index in [1.54, 1.807) is 6.07 Å². The van der Waals surface area contributed by atoms with E-state index in [2.05, 4.69) is 0 Å². The van der Waals surface area contributed by atoms with E-state index in [1.165, 1.54) is 0 Å². The van der Waals surface area contributed by atoms with Crippen molar-refractivity contribution in [1.82, 2.24) is 0 Å². The molecule has 3 aromatic carbocycles. The van der Waals surface area contributed by atoms with Crippen LogP contribution in [0.5, 0.6) is 5.75 Å². The van der Waals surface area contributed by atoms with Gasteiger partial charge in [-0.2, -0.15) is 0 Å². The molecule has 0 fully saturated rings. The minimum atomic E-state index is -0.686. The van der Waals surface area contributed by atoms with Crippen LogP contribution in [0.3, 0.4) is 0 Å². The number of hydrogen-bond acceptors (Lipinski definition) is 3. The number of carbonyl (C=O) groups is 1. The van der Waals surface area contributed by atoms with E-state index in [0.29, 0.717) is 17.4 Å². The zero-order valence-corrected chi connectivity index (χ0v) is 12.9. The third kappa shape index (κ3) is 2.85. The predicted octanol–water partition coefficient (Wildman–Crippen LogP) is 5.57. The summed E-state index contributed by atoms with van der Waals surface area (Å²) in [5.74, 6) is 0.505. The lowest BCUT2D eigenvalue weighted by Crippen LogP contribution is -2.11. The summed E-state index contributed by atoms with van der Waals surface area (Å²) in [5, 5.41) is 4.24. The Bertz CT molecular complexity index is 842. The molecule has 3 rings (SSSR count). The maximum Gasteiger partial charge on any atom is 0.513 e. The van der Waals surface area contributed by atoms with Gasteiger partial charge in [-0.05, 0) is 41.5 Å². The van der Waals surface area contributed by atoms with Gasteiger partial charge in [0, 0.05) is 15.8 Å². The van der Waals surface area contributed by atoms with Gasteiger partial charge in [-0.25, -0.2) is 4.79 Å². The molecule has 0 saturated heterocycles. The van der Waals surface area contributed by atoms with Gasteiger partial charge in [0.25, 0.3) is 0 Å². The molecule has 0 amide bonds. The average Bonchev–Trinajstić information content (AvgIpc) is 2.52. The largest absolute Gasteiger partial charge is 0.513 e. The van der Waals surface area contributed by atoms with Gasteiger partial charge in [0.1, 0.15) is 5.75 Å². The summed E-state index contributed by atoms with van der Waals surface area (Å²) in [6.07, 6.45) is 0.0653. The van der Waals surface area contributed by atoms with E-state index >= 15 is 0 Å². The van der Waals surface area contributed by atoms with Gasteiger partial charge in [0.15, 0.2) is 0 Å². The molecule has 0 aliphatic heterocycles. The molecule has 0 spiro atoms. The lowest BCUT2D eigenvalue weighted by atomic mass is 10.0. The van der Waals surface area contributed by atoms with Crippen molar-refractivity contribution in [3.63, 3.8) is 0 Å². The highest BCUT2D eigenvalue weighted by Crippen LogP contribution is 2.36. The average molecular weight is 315 g/mol. The highest BCUT2D eigenvalue weighted by molar-refractivity contribution is 6.31. The van der Waals surface area contributed by atoms with Crippen molar-refractivity contribution in [2.45, 2.75) is 13.3 Å². The highest BCUT2D eigenvalue weighted by Gasteiger charge is 2.14. The Morgan fingerprint density at radius 3 is 2.64 bits per heavy atom. The van der Waals surface area contributed by atoms with E-state index in [9.17, 15) is 4.79 Å². The van der Waals surface area contributed by atoms with E-state index in [-0.39, 0.29) is 0 Å². The number of hydrogen-bond donors (Lipinski definition) is 0. The van der Waals surface area contributed by atoms with Crippen LogP contribution in [-0.4, -0.2) is 12.8 Å². The van der Waals surface area contributed by atoms with Crippen molar-refractivity contribution in [2.24, 2.45) is 0 Å². The number of fused-ring (bicyclic) bond motifs is 2. The molecule has 0 saturated carbocycles. The Morgan fingerprint density at radius 2 is 1.82 bits per heavy atom. The minimum absolute atomic E-state index is 0.341. The normalized spacial score (nSPS) is 10.8. The van der Waals surface area contributed by atoms with Crippen LogP contribution in [0.25, 0.3) is 21.5 Å². The standard InChI is InChI=1S/C18H15ClO3/c1-2-9-21-18(20)22-17-15-6-4-3-5-12(15)10-13-11-14(19)7-8-16(13)17/h3-8,10-11H,2,9H2,1H3. The van der Waals surface area contributed by atoms with Crippen molar-refractivity contribution < 1.29 is 14.3 Å². The van der Waals surface area contributed by atoms with Crippen LogP contribution in [0.1, 0.15) is 13.3 Å². The molecule has 112 valence electrons. The summed E-state index contributed by atoms with van der Waals surface area (Å²) in [6.45, 7) is 2.27. The summed E-state index contributed by atoms with van der Waals surface area (Å²) in [4.78, 5) is 11.9. The van der Waals surface area contributed by atoms with E-state index < -0.39 is 6.16 Å². The second-order valence-corrected chi connectivity index (χ2v) is 5.43. The minimum Gasteiger partial charge on any atom is -0.434 e. The predicted molar refractivity (Wildman–Crippen MR) is 88.7 cm³/mol. The van der Waals surface area contributed by atoms with Crippen molar-refractivity contribution in [3.8, 4) is 5.75 Å². The maximum atomic E-state index is 11.9. The first kappa shape index (κ1) is 14.7. The molecule has 3 aromatic rings. The third-order valence-corrected chi connectivity index (χ3v) is 3.62. The Labute approximate surface area is 133 Å². The number of ether oxygens (including phenoxy) is 2. The summed E-state index contributed by atoms with van der Waals surface area (Å²) < 4.78 is 10.5. The van der Waals surface area contributed by atoms with Crippen LogP contribution in [0.15, 0.2) is 48.5 Å². The smallest absolute Gasteiger partial charge is 0.434 e. The van der Waals surface area contributed by atoms with Crippen molar-refractivity contribution in [3.05, 3.63) is 53.6 Å². The number of halogens is 1. The Hall–Kier alpha value is -2.26. The molecule has 0 aliphatic carbocycles. The van der Waals surface area contributed by atoms with Crippen LogP contribution in [0, 0.1) is 0 Å². The molecule has 0 atom stereocenters. The summed E-state index contributed by atoms with van der Waals surface area (Å²) in [7, 11) is 0. The molecular formula is C18H15ClO3. The van der Waals surface area contributed by atoms with E-state index in [0.717, 1.165) is 28.0 Å². The Balaban J connectivity index is 2.16. The maximum absolute atomic E-state index is 11.9. The topological polar surface area (TPSA) is 35.5 Å². The van der Waals surface area contributed by atoms with Crippen LogP contribution in [0.4, 0.5) is 4.79 Å². The van der Waals surface area contributed by atoms with Crippen molar-refractivity contribution >= 4 is 39.3 Å². The summed E-state index contributed by atoms with van der Waals surface area (Å²) >= 11 is 6.06. The number of benzene rings is 3. The van der Waals surface area contributed by atoms with Crippen LogP contribution in [0.2, 0.25) is 5.02 Å². The summed E-state index contributed by atoms with van der Waals surface area (Å²) in [6, 6.07) is 15.3. The van der Waals surface area contributed by atoms with Crippen LogP contribution < -0.4 is 4.74 Å². The fraction of sp³-hybridized carbons (Fsp3) is 0.167. The van der Waals surface area contributed by atoms with Gasteiger partial charge in [-0.1, -0.05) is 42.8 Å². The van der Waals surface area contributed by atoms with Crippen LogP contribution >= 0.6 is 11.6 Å². The van der Waals surface area contributed by atoms with Gasteiger partial charge < -0.3 is 9.47 Å². The molecule has 4 heteroatoms. The molecule has 0 bridgehead atoms. The second-order valence-electron chi connectivity index (χ2n) is 4.99. The van der Waals surface area contributed by atoms with E-state index in [1.807, 2.05) is 49.4 Å². The first-order valence-corrected chi connectivity index (χ1v) is 7.52. The molecule has 22 heavy (non-hydrogen) atoms. The van der Waals surface area contributed by atoms with Gasteiger partial charge >= 0.3 is 6.16 Å². The zero-order valence-electron chi connectivity index (χ0n) is 12.1. The molecule has 3 nitrogen and oxygen atoms in total. The van der Waals surface area contributed by atoms with Gasteiger partial charge in [0.2, 0.25) is 0 Å². The monoisotopic (exact) mass is 314 g/mol. The van der Waals surface area contributed by atoms with Crippen molar-refractivity contribution in [2.75, 3.05) is 6.61 Å². The molecule has 0 aromatic heterocycles. The zero-order chi connectivity index (χ0) is 15.5. The first-order valence-electron chi connectivity index (χ1n) is 7.14. The highest BCUT2D eigenvalue weighted by atomic mass is 35.5. The molecule has 0 unspecified atom stereocenters. The number of rotatable bonds is 3. The fourth-order valence-electron chi connectivity index (χ4n) is 2.41. The first-order chi connectivity index (χ1) is 10.7. The SMILES string of the molecule is CCCOC(=O)Oc1c2ccccc2cc2cc(Cl)ccc12. The fourth-order valence-corrected chi connectivity index (χ4v) is 2.59. The lowest BCUT2D eigenvalue weighted by Gasteiger charge is -2.12. The lowest BCUT2D eigenvalue weighted by molar-refractivity contribution is 0.100. The van der Waals surface area contributed by atoms with E-state index in [4.69, 9.17) is 21.1 Å². The second kappa shape index (κ2) is 6.24. The summed E-state index contributed by atoms with van der Waals surface area (Å²) in [5.41, 5.74) is 0. The van der Waals surface area contributed by atoms with Crippen molar-refractivity contribution in [1.29, 1.82) is 0 Å². The molecule has 0 heterocycles. The third-order valence-electron chi connectivity index (χ3n) is 3.38. The molecule has 0 radical (unpaired) electrons. The van der Waals surface area contributed by atoms with Gasteiger partial charge in [-0.15, -0.1) is 0 Å². The van der Waals surface area contributed by atoms with Crippen LogP contribution in [-0.2, 0) is 4.74 Å². The van der Waals surface area contributed by atoms with Gasteiger partial charge in [0.05, 0.1) is 6.61 Å². The number of carbonyl (C=O) groups excluding carboxylic acids is 1. The molecule has 0 N–H and O–H groups in total. The molecular weight excluding hydrogens is 300 g/mol.